The quantitative estimate of drug-likeness (QED) is 0.240. The zero-order chi connectivity index (χ0) is 30.2. The predicted octanol–water partition coefficient (Wildman–Crippen LogP) is 6.89. The zero-order valence-electron chi connectivity index (χ0n) is 24.6. The van der Waals surface area contributed by atoms with Gasteiger partial charge in [-0.25, -0.2) is 13.8 Å². The molecular weight excluding hydrogens is 548 g/mol. The van der Waals surface area contributed by atoms with Crippen LogP contribution in [0.5, 0.6) is 0 Å². The number of aromatic nitrogens is 3. The summed E-state index contributed by atoms with van der Waals surface area (Å²) in [5, 5.41) is 7.27. The number of nitrogens with zero attached hydrogens (tertiary/aromatic N) is 3. The maximum Gasteiger partial charge on any atom is 0.270 e. The van der Waals surface area contributed by atoms with Gasteiger partial charge in [0.25, 0.3) is 11.8 Å². The van der Waals surface area contributed by atoms with Gasteiger partial charge in [-0.3, -0.25) is 14.6 Å². The van der Waals surface area contributed by atoms with Crippen LogP contribution in [0.3, 0.4) is 0 Å². The Bertz CT molecular complexity index is 1280. The first-order valence-electron chi connectivity index (χ1n) is 14.1. The number of carbonyl (C=O) groups excluding carboxylic acids is 2. The van der Waals surface area contributed by atoms with Gasteiger partial charge >= 0.3 is 0 Å². The Kier molecular flexibility index (Phi) is 11.5. The molecule has 0 radical (unpaired) electrons. The molecule has 1 saturated carbocycles. The van der Waals surface area contributed by atoms with Crippen molar-refractivity contribution >= 4 is 28.3 Å². The van der Waals surface area contributed by atoms with Crippen molar-refractivity contribution in [3.05, 3.63) is 53.3 Å². The number of rotatable bonds is 12. The number of anilines is 1. The molecule has 2 N–H and O–H groups in total. The van der Waals surface area contributed by atoms with Gasteiger partial charge in [0.05, 0.1) is 30.0 Å². The standard InChI is InChI=1S/C19H17F2N5O2S.C11H24O/c1-11-3-2-4-13(23-11)14-10-29-18(24-14)25-16(27)8-22-17(28)12-5-6-26(9-12)15-7-19(15,20)21;1-6-9(3)8-11(5)12-10(4)7-2/h2-6,9-10,15H,7-8H2,1H3,(H,22,28)(H,24,25,27);9-11H,6-8H2,1-5H3. The van der Waals surface area contributed by atoms with E-state index in [9.17, 15) is 18.4 Å². The Labute approximate surface area is 244 Å². The Hall–Kier alpha value is -3.18. The summed E-state index contributed by atoms with van der Waals surface area (Å²) in [6, 6.07) is 6.14. The van der Waals surface area contributed by atoms with Crippen LogP contribution >= 0.6 is 11.3 Å². The largest absolute Gasteiger partial charge is 0.376 e. The zero-order valence-corrected chi connectivity index (χ0v) is 25.4. The first-order chi connectivity index (χ1) is 19.4. The van der Waals surface area contributed by atoms with Gasteiger partial charge in [0.15, 0.2) is 5.13 Å². The van der Waals surface area contributed by atoms with Crippen molar-refractivity contribution in [1.29, 1.82) is 0 Å². The van der Waals surface area contributed by atoms with Gasteiger partial charge in [0.1, 0.15) is 11.7 Å². The van der Waals surface area contributed by atoms with Gasteiger partial charge in [-0.2, -0.15) is 0 Å². The van der Waals surface area contributed by atoms with Crippen LogP contribution in [0.4, 0.5) is 13.9 Å². The van der Waals surface area contributed by atoms with Gasteiger partial charge in [-0.1, -0.05) is 33.3 Å². The van der Waals surface area contributed by atoms with Crippen molar-refractivity contribution in [3.8, 4) is 11.4 Å². The van der Waals surface area contributed by atoms with Crippen LogP contribution in [0.15, 0.2) is 42.0 Å². The minimum Gasteiger partial charge on any atom is -0.376 e. The molecule has 4 unspecified atom stereocenters. The van der Waals surface area contributed by atoms with Crippen LogP contribution in [-0.2, 0) is 9.53 Å². The van der Waals surface area contributed by atoms with E-state index in [1.54, 1.807) is 5.38 Å². The number of nitrogens with one attached hydrogen (secondary N) is 2. The second-order valence-corrected chi connectivity index (χ2v) is 11.5. The summed E-state index contributed by atoms with van der Waals surface area (Å²) in [6.07, 6.45) is 7.00. The molecule has 1 aliphatic rings. The van der Waals surface area contributed by atoms with Crippen LogP contribution in [-0.4, -0.2) is 51.0 Å². The van der Waals surface area contributed by atoms with Gasteiger partial charge in [0.2, 0.25) is 5.91 Å². The van der Waals surface area contributed by atoms with E-state index in [4.69, 9.17) is 4.74 Å². The molecule has 0 aliphatic heterocycles. The second kappa shape index (κ2) is 14.6. The summed E-state index contributed by atoms with van der Waals surface area (Å²) in [4.78, 5) is 32.9. The molecular formula is C30H41F2N5O3S. The third-order valence-corrected chi connectivity index (χ3v) is 7.67. The summed E-state index contributed by atoms with van der Waals surface area (Å²) in [7, 11) is 0. The fourth-order valence-electron chi connectivity index (χ4n) is 4.11. The number of alkyl halides is 2. The van der Waals surface area contributed by atoms with E-state index < -0.39 is 23.8 Å². The number of hydrogen-bond donors (Lipinski definition) is 2. The van der Waals surface area contributed by atoms with Crippen LogP contribution in [0, 0.1) is 12.8 Å². The Morgan fingerprint density at radius 3 is 2.49 bits per heavy atom. The van der Waals surface area contributed by atoms with Gasteiger partial charge in [0, 0.05) is 29.9 Å². The monoisotopic (exact) mass is 589 g/mol. The smallest absolute Gasteiger partial charge is 0.270 e. The van der Waals surface area contributed by atoms with E-state index >= 15 is 0 Å². The maximum absolute atomic E-state index is 13.1. The molecule has 2 amide bonds. The number of carbonyl (C=O) groups is 2. The van der Waals surface area contributed by atoms with Gasteiger partial charge < -0.3 is 19.9 Å². The highest BCUT2D eigenvalue weighted by Gasteiger charge is 2.58. The molecule has 41 heavy (non-hydrogen) atoms. The fourth-order valence-corrected chi connectivity index (χ4v) is 4.83. The average molecular weight is 590 g/mol. The van der Waals surface area contributed by atoms with Crippen LogP contribution in [0.1, 0.15) is 82.4 Å². The molecule has 4 atom stereocenters. The normalized spacial score (nSPS) is 17.5. The van der Waals surface area contributed by atoms with Gasteiger partial charge in [-0.15, -0.1) is 11.3 Å². The first-order valence-corrected chi connectivity index (χ1v) is 15.0. The molecule has 1 fully saturated rings. The maximum atomic E-state index is 13.1. The molecule has 1 aliphatic carbocycles. The van der Waals surface area contributed by atoms with Crippen molar-refractivity contribution in [3.63, 3.8) is 0 Å². The van der Waals surface area contributed by atoms with E-state index in [2.05, 4.69) is 55.2 Å². The number of hydrogen-bond acceptors (Lipinski definition) is 6. The van der Waals surface area contributed by atoms with E-state index in [1.165, 1.54) is 47.2 Å². The minimum absolute atomic E-state index is 0.223. The molecule has 11 heteroatoms. The number of thiazole rings is 1. The number of aryl methyl sites for hydroxylation is 1. The highest BCUT2D eigenvalue weighted by Crippen LogP contribution is 2.52. The minimum atomic E-state index is -2.72. The van der Waals surface area contributed by atoms with E-state index in [-0.39, 0.29) is 18.5 Å². The van der Waals surface area contributed by atoms with Gasteiger partial charge in [-0.05, 0) is 57.7 Å². The average Bonchev–Trinajstić information content (AvgIpc) is 3.29. The van der Waals surface area contributed by atoms with E-state index in [1.807, 2.05) is 25.1 Å². The first kappa shape index (κ1) is 32.3. The number of pyridine rings is 1. The highest BCUT2D eigenvalue weighted by atomic mass is 32.1. The Morgan fingerprint density at radius 2 is 1.85 bits per heavy atom. The molecule has 0 aromatic carbocycles. The van der Waals surface area contributed by atoms with Crippen LogP contribution < -0.4 is 10.6 Å². The number of ether oxygens (including phenoxy) is 1. The fraction of sp³-hybridized carbons (Fsp3) is 0.533. The lowest BCUT2D eigenvalue weighted by Gasteiger charge is -2.20. The second-order valence-electron chi connectivity index (χ2n) is 10.7. The summed E-state index contributed by atoms with van der Waals surface area (Å²) < 4.78 is 33.3. The van der Waals surface area contributed by atoms with Crippen LogP contribution in [0.25, 0.3) is 11.4 Å². The molecule has 0 saturated heterocycles. The molecule has 0 bridgehead atoms. The molecule has 3 heterocycles. The van der Waals surface area contributed by atoms with Crippen molar-refractivity contribution in [1.82, 2.24) is 19.9 Å². The third kappa shape index (κ3) is 10.00. The Morgan fingerprint density at radius 1 is 1.12 bits per heavy atom. The van der Waals surface area contributed by atoms with E-state index in [0.29, 0.717) is 28.7 Å². The van der Waals surface area contributed by atoms with Crippen LogP contribution in [0.2, 0.25) is 0 Å². The summed E-state index contributed by atoms with van der Waals surface area (Å²) >= 11 is 1.25. The predicted molar refractivity (Wildman–Crippen MR) is 158 cm³/mol. The lowest BCUT2D eigenvalue weighted by molar-refractivity contribution is -0.115. The van der Waals surface area contributed by atoms with Crippen molar-refractivity contribution in [2.24, 2.45) is 5.92 Å². The number of halogens is 2. The van der Waals surface area contributed by atoms with Crippen molar-refractivity contribution in [2.45, 2.75) is 91.4 Å². The van der Waals surface area contributed by atoms with Crippen molar-refractivity contribution < 1.29 is 23.1 Å². The summed E-state index contributed by atoms with van der Waals surface area (Å²) in [5.74, 6) is -2.87. The molecule has 4 rings (SSSR count). The summed E-state index contributed by atoms with van der Waals surface area (Å²) in [6.45, 7) is 12.6. The molecule has 3 aromatic heterocycles. The lowest BCUT2D eigenvalue weighted by Crippen LogP contribution is -2.32. The topological polar surface area (TPSA) is 98.1 Å². The van der Waals surface area contributed by atoms with E-state index in [0.717, 1.165) is 18.0 Å². The third-order valence-electron chi connectivity index (χ3n) is 6.91. The SMILES string of the molecule is CCC(C)CC(C)OC(C)CC.Cc1cccc(-c2csc(NC(=O)CNC(=O)c3ccn(C4CC4(F)F)c3)n2)n1. The van der Waals surface area contributed by atoms with Crippen molar-refractivity contribution in [2.75, 3.05) is 11.9 Å². The Balaban J connectivity index is 0.000000327. The molecule has 224 valence electrons. The summed E-state index contributed by atoms with van der Waals surface area (Å²) in [5.41, 5.74) is 2.45. The highest BCUT2D eigenvalue weighted by molar-refractivity contribution is 7.14. The molecule has 8 nitrogen and oxygen atoms in total. The number of amides is 2. The molecule has 0 spiro atoms. The lowest BCUT2D eigenvalue weighted by atomic mass is 10.0. The molecule has 3 aromatic rings.